The molecular formula is C15H13ClFN3O4S. The highest BCUT2D eigenvalue weighted by Gasteiger charge is 2.16. The van der Waals surface area contributed by atoms with Gasteiger partial charge in [0.15, 0.2) is 0 Å². The molecule has 0 aliphatic heterocycles. The summed E-state index contributed by atoms with van der Waals surface area (Å²) in [7, 11) is -3.97. The largest absolute Gasteiger partial charge is 0.272 e. The highest BCUT2D eigenvalue weighted by Crippen LogP contribution is 2.10. The molecule has 2 amide bonds. The number of sulfonamides is 1. The van der Waals surface area contributed by atoms with Crippen molar-refractivity contribution in [2.45, 2.75) is 4.90 Å². The number of hydrogen-bond acceptors (Lipinski definition) is 4. The molecule has 132 valence electrons. The van der Waals surface area contributed by atoms with Gasteiger partial charge < -0.3 is 0 Å². The third-order valence-electron chi connectivity index (χ3n) is 2.97. The Labute approximate surface area is 148 Å². The van der Waals surface area contributed by atoms with Crippen molar-refractivity contribution in [3.63, 3.8) is 0 Å². The first-order chi connectivity index (χ1) is 11.8. The van der Waals surface area contributed by atoms with Crippen molar-refractivity contribution in [2.75, 3.05) is 6.54 Å². The zero-order chi connectivity index (χ0) is 18.4. The fraction of sp³-hybridized carbons (Fsp3) is 0.0667. The number of hydrogen-bond donors (Lipinski definition) is 3. The van der Waals surface area contributed by atoms with E-state index in [1.54, 1.807) is 0 Å². The molecule has 10 heteroatoms. The van der Waals surface area contributed by atoms with Crippen LogP contribution in [0, 0.1) is 5.82 Å². The van der Waals surface area contributed by atoms with Crippen LogP contribution in [0.1, 0.15) is 10.4 Å². The lowest BCUT2D eigenvalue weighted by Gasteiger charge is -2.09. The van der Waals surface area contributed by atoms with E-state index in [0.29, 0.717) is 5.02 Å². The maximum absolute atomic E-state index is 12.8. The summed E-state index contributed by atoms with van der Waals surface area (Å²) in [6, 6.07) is 10.0. The number of nitrogens with one attached hydrogen (secondary N) is 3. The summed E-state index contributed by atoms with van der Waals surface area (Å²) in [5, 5.41) is 0.454. The molecule has 0 fully saturated rings. The van der Waals surface area contributed by atoms with Crippen molar-refractivity contribution >= 4 is 33.4 Å². The molecule has 0 spiro atoms. The predicted octanol–water partition coefficient (Wildman–Crippen LogP) is 1.22. The van der Waals surface area contributed by atoms with Gasteiger partial charge in [0.05, 0.1) is 11.4 Å². The number of carbonyl (C=O) groups excluding carboxylic acids is 2. The Hall–Kier alpha value is -2.49. The van der Waals surface area contributed by atoms with Crippen LogP contribution in [0.15, 0.2) is 53.4 Å². The first-order valence-electron chi connectivity index (χ1n) is 6.88. The minimum Gasteiger partial charge on any atom is -0.272 e. The molecule has 7 nitrogen and oxygen atoms in total. The predicted molar refractivity (Wildman–Crippen MR) is 88.6 cm³/mol. The molecule has 2 aromatic carbocycles. The number of rotatable bonds is 5. The summed E-state index contributed by atoms with van der Waals surface area (Å²) in [6.45, 7) is -0.611. The van der Waals surface area contributed by atoms with Gasteiger partial charge in [-0.2, -0.15) is 0 Å². The molecule has 0 aliphatic rings. The van der Waals surface area contributed by atoms with E-state index in [1.165, 1.54) is 24.3 Å². The summed E-state index contributed by atoms with van der Waals surface area (Å²) in [5.74, 6) is -1.96. The van der Waals surface area contributed by atoms with Crippen molar-refractivity contribution in [3.05, 3.63) is 64.9 Å². The van der Waals surface area contributed by atoms with Crippen molar-refractivity contribution in [3.8, 4) is 0 Å². The molecule has 25 heavy (non-hydrogen) atoms. The lowest BCUT2D eigenvalue weighted by Crippen LogP contribution is -2.46. The minimum absolute atomic E-state index is 0.188. The van der Waals surface area contributed by atoms with E-state index < -0.39 is 34.2 Å². The molecule has 0 bridgehead atoms. The first-order valence-corrected chi connectivity index (χ1v) is 8.74. The average Bonchev–Trinajstić information content (AvgIpc) is 2.59. The van der Waals surface area contributed by atoms with Crippen LogP contribution in [0.3, 0.4) is 0 Å². The van der Waals surface area contributed by atoms with E-state index in [9.17, 15) is 22.4 Å². The van der Waals surface area contributed by atoms with Crippen LogP contribution < -0.4 is 15.6 Å². The summed E-state index contributed by atoms with van der Waals surface area (Å²) >= 11 is 5.70. The fourth-order valence-electron chi connectivity index (χ4n) is 1.70. The van der Waals surface area contributed by atoms with Crippen LogP contribution in [-0.2, 0) is 14.8 Å². The highest BCUT2D eigenvalue weighted by molar-refractivity contribution is 7.89. The molecule has 0 aliphatic carbocycles. The lowest BCUT2D eigenvalue weighted by molar-refractivity contribution is -0.120. The lowest BCUT2D eigenvalue weighted by atomic mass is 10.2. The molecule has 2 rings (SSSR count). The van der Waals surface area contributed by atoms with Gasteiger partial charge in [-0.3, -0.25) is 20.4 Å². The number of carbonyl (C=O) groups is 2. The van der Waals surface area contributed by atoms with Gasteiger partial charge in [0.1, 0.15) is 5.82 Å². The Balaban J connectivity index is 1.85. The van der Waals surface area contributed by atoms with Gasteiger partial charge in [-0.25, -0.2) is 17.5 Å². The fourth-order valence-corrected chi connectivity index (χ4v) is 2.81. The molecule has 2 aromatic rings. The smallest absolute Gasteiger partial charge is 0.269 e. The van der Waals surface area contributed by atoms with Crippen LogP contribution in [0.2, 0.25) is 5.02 Å². The van der Waals surface area contributed by atoms with Crippen molar-refractivity contribution in [1.29, 1.82) is 0 Å². The van der Waals surface area contributed by atoms with E-state index in [1.807, 2.05) is 4.72 Å². The first kappa shape index (κ1) is 18.8. The number of benzene rings is 2. The topological polar surface area (TPSA) is 104 Å². The molecule has 0 unspecified atom stereocenters. The highest BCUT2D eigenvalue weighted by atomic mass is 35.5. The zero-order valence-electron chi connectivity index (χ0n) is 12.6. The summed E-state index contributed by atoms with van der Waals surface area (Å²) in [6.07, 6.45) is 0. The normalized spacial score (nSPS) is 11.0. The SMILES string of the molecule is O=C(CNS(=O)(=O)c1ccc(F)cc1)NNC(=O)c1ccc(Cl)cc1. The average molecular weight is 386 g/mol. The van der Waals surface area contributed by atoms with E-state index in [2.05, 4.69) is 10.9 Å². The molecule has 0 heterocycles. The van der Waals surface area contributed by atoms with Gasteiger partial charge >= 0.3 is 0 Å². The number of hydrazine groups is 1. The molecular weight excluding hydrogens is 373 g/mol. The number of amides is 2. The van der Waals surface area contributed by atoms with Crippen molar-refractivity contribution in [1.82, 2.24) is 15.6 Å². The third-order valence-corrected chi connectivity index (χ3v) is 4.64. The molecule has 3 N–H and O–H groups in total. The van der Waals surface area contributed by atoms with Gasteiger partial charge in [0.2, 0.25) is 10.0 Å². The van der Waals surface area contributed by atoms with Crippen LogP contribution in [-0.4, -0.2) is 26.8 Å². The van der Waals surface area contributed by atoms with Crippen molar-refractivity contribution < 1.29 is 22.4 Å². The van der Waals surface area contributed by atoms with Crippen LogP contribution >= 0.6 is 11.6 Å². The van der Waals surface area contributed by atoms with Gasteiger partial charge in [-0.05, 0) is 48.5 Å². The Kier molecular flexibility index (Phi) is 6.07. The van der Waals surface area contributed by atoms with E-state index >= 15 is 0 Å². The van der Waals surface area contributed by atoms with Gasteiger partial charge in [0.25, 0.3) is 11.8 Å². The number of halogens is 2. The molecule has 0 radical (unpaired) electrons. The standard InChI is InChI=1S/C15H13ClFN3O4S/c16-11-3-1-10(2-4-11)15(22)20-19-14(21)9-18-25(23,24)13-7-5-12(17)6-8-13/h1-8,18H,9H2,(H,19,21)(H,20,22). The molecule has 0 aromatic heterocycles. The second-order valence-electron chi connectivity index (χ2n) is 4.79. The van der Waals surface area contributed by atoms with Gasteiger partial charge in [0, 0.05) is 10.6 Å². The maximum atomic E-state index is 12.8. The molecule has 0 saturated carbocycles. The maximum Gasteiger partial charge on any atom is 0.269 e. The van der Waals surface area contributed by atoms with Gasteiger partial charge in [-0.15, -0.1) is 0 Å². The van der Waals surface area contributed by atoms with Crippen LogP contribution in [0.5, 0.6) is 0 Å². The van der Waals surface area contributed by atoms with Crippen LogP contribution in [0.25, 0.3) is 0 Å². The van der Waals surface area contributed by atoms with Crippen molar-refractivity contribution in [2.24, 2.45) is 0 Å². The third kappa shape index (κ3) is 5.52. The quantitative estimate of drug-likeness (QED) is 0.673. The second kappa shape index (κ2) is 8.06. The Morgan fingerprint density at radius 3 is 2.16 bits per heavy atom. The summed E-state index contributed by atoms with van der Waals surface area (Å²) in [4.78, 5) is 23.2. The monoisotopic (exact) mass is 385 g/mol. The second-order valence-corrected chi connectivity index (χ2v) is 6.99. The van der Waals surface area contributed by atoms with E-state index in [4.69, 9.17) is 11.6 Å². The zero-order valence-corrected chi connectivity index (χ0v) is 14.2. The molecule has 0 atom stereocenters. The Morgan fingerprint density at radius 2 is 1.56 bits per heavy atom. The minimum atomic E-state index is -3.97. The van der Waals surface area contributed by atoms with Gasteiger partial charge in [-0.1, -0.05) is 11.6 Å². The van der Waals surface area contributed by atoms with E-state index in [0.717, 1.165) is 24.3 Å². The Bertz CT molecular complexity index is 871. The summed E-state index contributed by atoms with van der Waals surface area (Å²) in [5.41, 5.74) is 4.47. The molecule has 0 saturated heterocycles. The van der Waals surface area contributed by atoms with Crippen LogP contribution in [0.4, 0.5) is 4.39 Å². The summed E-state index contributed by atoms with van der Waals surface area (Å²) < 4.78 is 38.7. The Morgan fingerprint density at radius 1 is 0.960 bits per heavy atom. The van der Waals surface area contributed by atoms with E-state index in [-0.39, 0.29) is 10.5 Å².